The van der Waals surface area contributed by atoms with Gasteiger partial charge in [0.25, 0.3) is 0 Å². The van der Waals surface area contributed by atoms with Crippen LogP contribution in [0.25, 0.3) is 5.69 Å². The first kappa shape index (κ1) is 11.3. The molecule has 0 aliphatic carbocycles. The molecule has 0 saturated heterocycles. The molecule has 1 aromatic heterocycles. The Morgan fingerprint density at radius 1 is 1.44 bits per heavy atom. The Kier molecular flexibility index (Phi) is 2.58. The summed E-state index contributed by atoms with van der Waals surface area (Å²) in [5.74, 6) is 0.0114. The fraction of sp³-hybridized carbons (Fsp3) is 0.154. The predicted molar refractivity (Wildman–Crippen MR) is 68.2 cm³/mol. The van der Waals surface area contributed by atoms with Gasteiger partial charge in [-0.05, 0) is 35.3 Å². The van der Waals surface area contributed by atoms with Gasteiger partial charge in [0.2, 0.25) is 0 Å². The molecule has 90 valence electrons. The lowest BCUT2D eigenvalue weighted by atomic mass is 9.79. The lowest BCUT2D eigenvalue weighted by molar-refractivity contribution is 0.101. The minimum absolute atomic E-state index is 0.0114. The topological polar surface area (TPSA) is 51.5 Å². The largest absolute Gasteiger partial charge is 0.491 e. The third-order valence-electron chi connectivity index (χ3n) is 3.18. The molecule has 1 aromatic carbocycles. The van der Waals surface area contributed by atoms with E-state index in [4.69, 9.17) is 4.65 Å². The van der Waals surface area contributed by atoms with E-state index in [1.54, 1.807) is 6.07 Å². The van der Waals surface area contributed by atoms with Gasteiger partial charge in [-0.1, -0.05) is 6.07 Å². The first-order valence-electron chi connectivity index (χ1n) is 5.78. The highest BCUT2D eigenvalue weighted by Crippen LogP contribution is 2.17. The summed E-state index contributed by atoms with van der Waals surface area (Å²) in [6, 6.07) is 9.32. The first-order valence-corrected chi connectivity index (χ1v) is 5.78. The Morgan fingerprint density at radius 2 is 2.28 bits per heavy atom. The normalized spacial score (nSPS) is 13.8. The van der Waals surface area contributed by atoms with Crippen molar-refractivity contribution in [2.24, 2.45) is 0 Å². The van der Waals surface area contributed by atoms with E-state index in [-0.39, 0.29) is 5.78 Å². The molecule has 3 rings (SSSR count). The molecule has 0 bridgehead atoms. The van der Waals surface area contributed by atoms with Gasteiger partial charge in [0.15, 0.2) is 5.78 Å². The lowest BCUT2D eigenvalue weighted by Gasteiger charge is -2.09. The van der Waals surface area contributed by atoms with E-state index in [2.05, 4.69) is 0 Å². The van der Waals surface area contributed by atoms with Crippen molar-refractivity contribution >= 4 is 18.4 Å². The van der Waals surface area contributed by atoms with Crippen molar-refractivity contribution in [2.45, 2.75) is 13.5 Å². The highest BCUT2D eigenvalue weighted by atomic mass is 16.5. The van der Waals surface area contributed by atoms with Crippen molar-refractivity contribution in [1.82, 2.24) is 4.57 Å². The summed E-state index contributed by atoms with van der Waals surface area (Å²) < 4.78 is 6.97. The third-order valence-corrected chi connectivity index (χ3v) is 3.18. The van der Waals surface area contributed by atoms with Crippen molar-refractivity contribution in [3.63, 3.8) is 0 Å². The fourth-order valence-electron chi connectivity index (χ4n) is 2.24. The summed E-state index contributed by atoms with van der Waals surface area (Å²) in [5.41, 5.74) is 3.25. The number of carbonyl (C=O) groups is 1. The molecule has 0 unspecified atom stereocenters. The van der Waals surface area contributed by atoms with E-state index < -0.39 is 7.12 Å². The standard InChI is InChI=1S/C13H12BNO3/c1-9(16)13-3-2-6-15(13)11-5-4-10-8-18-14(17)12(10)7-11/h2-7,17H,8H2,1H3. The average molecular weight is 241 g/mol. The average Bonchev–Trinajstić information content (AvgIpc) is 2.96. The minimum atomic E-state index is -0.865. The van der Waals surface area contributed by atoms with Gasteiger partial charge in [-0.15, -0.1) is 0 Å². The second kappa shape index (κ2) is 4.12. The van der Waals surface area contributed by atoms with Gasteiger partial charge in [0.1, 0.15) is 0 Å². The van der Waals surface area contributed by atoms with Crippen LogP contribution >= 0.6 is 0 Å². The van der Waals surface area contributed by atoms with Crippen LogP contribution in [0.2, 0.25) is 0 Å². The van der Waals surface area contributed by atoms with Gasteiger partial charge in [-0.2, -0.15) is 0 Å². The monoisotopic (exact) mass is 241 g/mol. The zero-order chi connectivity index (χ0) is 12.7. The molecule has 2 aromatic rings. The zero-order valence-electron chi connectivity index (χ0n) is 9.96. The van der Waals surface area contributed by atoms with Gasteiger partial charge in [0, 0.05) is 18.8 Å². The summed E-state index contributed by atoms with van der Waals surface area (Å²) >= 11 is 0. The Balaban J connectivity index is 2.10. The smallest absolute Gasteiger partial charge is 0.423 e. The van der Waals surface area contributed by atoms with Crippen LogP contribution in [0.1, 0.15) is 23.0 Å². The van der Waals surface area contributed by atoms with Crippen molar-refractivity contribution in [1.29, 1.82) is 0 Å². The van der Waals surface area contributed by atoms with E-state index in [0.717, 1.165) is 16.7 Å². The van der Waals surface area contributed by atoms with E-state index in [0.29, 0.717) is 12.3 Å². The molecule has 18 heavy (non-hydrogen) atoms. The minimum Gasteiger partial charge on any atom is -0.423 e. The molecule has 4 nitrogen and oxygen atoms in total. The van der Waals surface area contributed by atoms with Crippen LogP contribution in [0.5, 0.6) is 0 Å². The maximum atomic E-state index is 11.5. The van der Waals surface area contributed by atoms with E-state index in [9.17, 15) is 9.82 Å². The molecular weight excluding hydrogens is 229 g/mol. The second-order valence-electron chi connectivity index (χ2n) is 4.37. The van der Waals surface area contributed by atoms with Crippen molar-refractivity contribution in [3.05, 3.63) is 47.8 Å². The highest BCUT2D eigenvalue weighted by Gasteiger charge is 2.27. The molecular formula is C13H12BNO3. The Hall–Kier alpha value is -1.85. The zero-order valence-corrected chi connectivity index (χ0v) is 9.96. The number of hydrogen-bond donors (Lipinski definition) is 1. The molecule has 1 N–H and O–H groups in total. The summed E-state index contributed by atoms with van der Waals surface area (Å²) in [6.45, 7) is 1.97. The van der Waals surface area contributed by atoms with Crippen LogP contribution < -0.4 is 5.46 Å². The highest BCUT2D eigenvalue weighted by molar-refractivity contribution is 6.61. The molecule has 0 saturated carbocycles. The number of carbonyl (C=O) groups excluding carboxylic acids is 1. The van der Waals surface area contributed by atoms with E-state index >= 15 is 0 Å². The number of rotatable bonds is 2. The number of hydrogen-bond acceptors (Lipinski definition) is 3. The number of Topliss-reactive ketones (excluding diaryl/α,β-unsaturated/α-hetero) is 1. The lowest BCUT2D eigenvalue weighted by Crippen LogP contribution is -2.28. The predicted octanol–water partition coefficient (Wildman–Crippen LogP) is 0.898. The Bertz CT molecular complexity index is 620. The van der Waals surface area contributed by atoms with Crippen molar-refractivity contribution in [2.75, 3.05) is 0 Å². The third kappa shape index (κ3) is 1.68. The first-order chi connectivity index (χ1) is 8.66. The van der Waals surface area contributed by atoms with Crippen LogP contribution in [-0.2, 0) is 11.3 Å². The molecule has 0 fully saturated rings. The second-order valence-corrected chi connectivity index (χ2v) is 4.37. The summed E-state index contributed by atoms with van der Waals surface area (Å²) in [6.07, 6.45) is 1.83. The van der Waals surface area contributed by atoms with Gasteiger partial charge >= 0.3 is 7.12 Å². The van der Waals surface area contributed by atoms with Gasteiger partial charge < -0.3 is 14.2 Å². The Morgan fingerprint density at radius 3 is 3.06 bits per heavy atom. The molecule has 2 heterocycles. The molecule has 0 radical (unpaired) electrons. The maximum absolute atomic E-state index is 11.5. The van der Waals surface area contributed by atoms with Crippen LogP contribution in [0.15, 0.2) is 36.5 Å². The number of aromatic nitrogens is 1. The van der Waals surface area contributed by atoms with Crippen molar-refractivity contribution in [3.8, 4) is 5.69 Å². The van der Waals surface area contributed by atoms with Crippen LogP contribution in [0, 0.1) is 0 Å². The number of benzene rings is 1. The summed E-state index contributed by atoms with van der Waals surface area (Å²) in [4.78, 5) is 11.5. The molecule has 5 heteroatoms. The Labute approximate surface area is 105 Å². The number of nitrogens with zero attached hydrogens (tertiary/aromatic N) is 1. The van der Waals surface area contributed by atoms with Gasteiger partial charge in [-0.25, -0.2) is 0 Å². The molecule has 1 aliphatic rings. The van der Waals surface area contributed by atoms with Gasteiger partial charge in [-0.3, -0.25) is 4.79 Å². The number of fused-ring (bicyclic) bond motifs is 1. The van der Waals surface area contributed by atoms with Crippen molar-refractivity contribution < 1.29 is 14.5 Å². The number of ketones is 1. The van der Waals surface area contributed by atoms with Gasteiger partial charge in [0.05, 0.1) is 12.3 Å². The SMILES string of the molecule is CC(=O)c1cccn1-c1ccc2c(c1)B(O)OC2. The summed E-state index contributed by atoms with van der Waals surface area (Å²) in [7, 11) is -0.865. The van der Waals surface area contributed by atoms with Crippen LogP contribution in [-0.4, -0.2) is 22.5 Å². The maximum Gasteiger partial charge on any atom is 0.491 e. The summed E-state index contributed by atoms with van der Waals surface area (Å²) in [5, 5.41) is 9.68. The molecule has 1 aliphatic heterocycles. The van der Waals surface area contributed by atoms with E-state index in [1.807, 2.05) is 35.0 Å². The quantitative estimate of drug-likeness (QED) is 0.627. The molecule has 0 amide bonds. The fourth-order valence-corrected chi connectivity index (χ4v) is 2.24. The van der Waals surface area contributed by atoms with Crippen LogP contribution in [0.4, 0.5) is 0 Å². The van der Waals surface area contributed by atoms with E-state index in [1.165, 1.54) is 6.92 Å². The molecule has 0 spiro atoms. The molecule has 0 atom stereocenters. The van der Waals surface area contributed by atoms with Crippen LogP contribution in [0.3, 0.4) is 0 Å².